The van der Waals surface area contributed by atoms with Crippen LogP contribution in [-0.4, -0.2) is 0 Å². The van der Waals surface area contributed by atoms with Gasteiger partial charge >= 0.3 is 18.9 Å². The number of hydrogen-bond donors (Lipinski definition) is 0. The molecule has 0 aromatic heterocycles. The van der Waals surface area contributed by atoms with Crippen LogP contribution in [0, 0.1) is 6.92 Å². The van der Waals surface area contributed by atoms with Crippen molar-refractivity contribution in [1.82, 2.24) is 0 Å². The summed E-state index contributed by atoms with van der Waals surface area (Å²) in [6, 6.07) is 0. The monoisotopic (exact) mass is 144 g/mol. The molecule has 0 unspecified atom stereocenters. The largest absolute Gasteiger partial charge is 1.00 e. The number of hydrogen-bond acceptors (Lipinski definition) is 0. The van der Waals surface area contributed by atoms with Crippen molar-refractivity contribution in [1.29, 1.82) is 0 Å². The van der Waals surface area contributed by atoms with Crippen molar-refractivity contribution in [3.63, 3.8) is 0 Å². The van der Waals surface area contributed by atoms with Gasteiger partial charge in [-0.15, -0.1) is 6.08 Å². The zero-order valence-electron chi connectivity index (χ0n) is 7.84. The van der Waals surface area contributed by atoms with Gasteiger partial charge in [0.05, 0.1) is 0 Å². The third kappa shape index (κ3) is 13.1. The molecule has 11 heavy (non-hydrogen) atoms. The van der Waals surface area contributed by atoms with Crippen molar-refractivity contribution in [2.75, 3.05) is 0 Å². The zero-order chi connectivity index (χ0) is 7.66. The van der Waals surface area contributed by atoms with Gasteiger partial charge in [-0.3, -0.25) is 0 Å². The van der Waals surface area contributed by atoms with Crippen LogP contribution in [0.4, 0.5) is 0 Å². The molecule has 0 aromatic rings. The first-order valence-electron chi connectivity index (χ1n) is 4.01. The summed E-state index contributed by atoms with van der Waals surface area (Å²) in [4.78, 5) is 0. The Bertz CT molecular complexity index is 103. The van der Waals surface area contributed by atoms with Crippen LogP contribution in [0.3, 0.4) is 0 Å². The second kappa shape index (κ2) is 12.7. The van der Waals surface area contributed by atoms with Crippen LogP contribution in [0.1, 0.15) is 32.6 Å². The van der Waals surface area contributed by atoms with E-state index in [1.54, 1.807) is 0 Å². The molecular weight excluding hydrogens is 127 g/mol. The summed E-state index contributed by atoms with van der Waals surface area (Å²) < 4.78 is 0. The van der Waals surface area contributed by atoms with Gasteiger partial charge in [-0.2, -0.15) is 6.42 Å². The van der Waals surface area contributed by atoms with E-state index in [-0.39, 0.29) is 18.9 Å². The van der Waals surface area contributed by atoms with E-state index in [0.717, 1.165) is 12.8 Å². The maximum atomic E-state index is 3.71. The number of unbranched alkanes of at least 4 members (excludes halogenated alkanes) is 1. The predicted molar refractivity (Wildman–Crippen MR) is 47.8 cm³/mol. The summed E-state index contributed by atoms with van der Waals surface area (Å²) >= 11 is 0. The molecule has 0 aliphatic heterocycles. The van der Waals surface area contributed by atoms with E-state index in [4.69, 9.17) is 0 Å². The Hall–Kier alpha value is 0.0774. The molecule has 0 aliphatic rings. The van der Waals surface area contributed by atoms with Crippen molar-refractivity contribution in [2.24, 2.45) is 0 Å². The Kier molecular flexibility index (Phi) is 15.8. The molecule has 0 radical (unpaired) electrons. The zero-order valence-corrected chi connectivity index (χ0v) is 7.84. The molecule has 0 saturated carbocycles. The van der Waals surface area contributed by atoms with Crippen LogP contribution in [0.25, 0.3) is 0 Å². The van der Waals surface area contributed by atoms with Crippen LogP contribution in [0.5, 0.6) is 0 Å². The first kappa shape index (κ1) is 13.7. The van der Waals surface area contributed by atoms with Crippen LogP contribution in [0.2, 0.25) is 0 Å². The van der Waals surface area contributed by atoms with E-state index >= 15 is 0 Å². The second-order valence-electron chi connectivity index (χ2n) is 2.26. The van der Waals surface area contributed by atoms with Gasteiger partial charge in [0, 0.05) is 0 Å². The van der Waals surface area contributed by atoms with E-state index in [2.05, 4.69) is 38.2 Å². The molecule has 0 N–H and O–H groups in total. The molecule has 58 valence electrons. The number of allylic oxidation sites excluding steroid dienone is 4. The first-order valence-corrected chi connectivity index (χ1v) is 4.01. The fourth-order valence-corrected chi connectivity index (χ4v) is 0.673. The summed E-state index contributed by atoms with van der Waals surface area (Å²) in [6.07, 6.45) is 13.1. The minimum atomic E-state index is 0. The normalized spacial score (nSPS) is 10.7. The Morgan fingerprint density at radius 2 is 1.73 bits per heavy atom. The Morgan fingerprint density at radius 3 is 2.27 bits per heavy atom. The van der Waals surface area contributed by atoms with Gasteiger partial charge in [0.25, 0.3) is 0 Å². The van der Waals surface area contributed by atoms with Crippen LogP contribution in [-0.2, 0) is 0 Å². The molecule has 0 aliphatic carbocycles. The average molecular weight is 144 g/mol. The standard InChI is InChI=1S/C10H17.Li/c1-3-5-7-9-10-8-6-4-2;/h5,7-8,10H,1,3-4,6,9H2,2H3;/q-1;+1/b7-5+,10-8+;. The Labute approximate surface area is 82.9 Å². The third-order valence-corrected chi connectivity index (χ3v) is 1.23. The smallest absolute Gasteiger partial charge is 0.340 e. The van der Waals surface area contributed by atoms with Gasteiger partial charge < -0.3 is 6.92 Å². The van der Waals surface area contributed by atoms with Crippen molar-refractivity contribution in [2.45, 2.75) is 32.6 Å². The molecule has 1 heteroatoms. The molecule has 0 rings (SSSR count). The Balaban J connectivity index is 0. The van der Waals surface area contributed by atoms with Gasteiger partial charge in [0.1, 0.15) is 0 Å². The van der Waals surface area contributed by atoms with E-state index in [1.807, 2.05) is 0 Å². The van der Waals surface area contributed by atoms with Gasteiger partial charge in [-0.05, 0) is 12.8 Å². The summed E-state index contributed by atoms with van der Waals surface area (Å²) in [5.41, 5.74) is 0. The van der Waals surface area contributed by atoms with E-state index < -0.39 is 0 Å². The molecule has 0 heterocycles. The van der Waals surface area contributed by atoms with E-state index in [0.29, 0.717) is 0 Å². The van der Waals surface area contributed by atoms with Gasteiger partial charge in [-0.25, -0.2) is 0 Å². The van der Waals surface area contributed by atoms with Gasteiger partial charge in [-0.1, -0.05) is 31.6 Å². The minimum Gasteiger partial charge on any atom is -0.340 e. The summed E-state index contributed by atoms with van der Waals surface area (Å²) in [5.74, 6) is 0. The molecule has 0 bridgehead atoms. The predicted octanol–water partition coefficient (Wildman–Crippen LogP) is 0.517. The number of rotatable bonds is 5. The van der Waals surface area contributed by atoms with Crippen molar-refractivity contribution < 1.29 is 18.9 Å². The first-order chi connectivity index (χ1) is 4.91. The molecule has 0 atom stereocenters. The Morgan fingerprint density at radius 1 is 1.09 bits per heavy atom. The van der Waals surface area contributed by atoms with E-state index in [9.17, 15) is 0 Å². The fourth-order valence-electron chi connectivity index (χ4n) is 0.673. The summed E-state index contributed by atoms with van der Waals surface area (Å²) in [6.45, 7) is 5.90. The molecule has 0 aromatic carbocycles. The topological polar surface area (TPSA) is 0 Å². The molecule has 0 amide bonds. The molecule has 0 nitrogen and oxygen atoms in total. The van der Waals surface area contributed by atoms with Gasteiger partial charge in [0.15, 0.2) is 0 Å². The average Bonchev–Trinajstić information content (AvgIpc) is 1.97. The van der Waals surface area contributed by atoms with Crippen LogP contribution in [0.15, 0.2) is 24.3 Å². The maximum absolute atomic E-state index is 3.71. The van der Waals surface area contributed by atoms with E-state index in [1.165, 1.54) is 12.8 Å². The van der Waals surface area contributed by atoms with Gasteiger partial charge in [0.2, 0.25) is 0 Å². The third-order valence-electron chi connectivity index (χ3n) is 1.23. The minimum absolute atomic E-state index is 0. The van der Waals surface area contributed by atoms with Crippen molar-refractivity contribution in [3.05, 3.63) is 31.2 Å². The summed E-state index contributed by atoms with van der Waals surface area (Å²) in [5, 5.41) is 0. The maximum Gasteiger partial charge on any atom is 1.00 e. The van der Waals surface area contributed by atoms with Crippen molar-refractivity contribution >= 4 is 0 Å². The SMILES string of the molecule is [CH2-]C/C=C/C/C=C/CCC.[Li+]. The molecular formula is C10H17Li. The molecule has 0 saturated heterocycles. The van der Waals surface area contributed by atoms with Crippen LogP contribution >= 0.6 is 0 Å². The second-order valence-corrected chi connectivity index (χ2v) is 2.26. The van der Waals surface area contributed by atoms with Crippen LogP contribution < -0.4 is 18.9 Å². The quantitative estimate of drug-likeness (QED) is 0.300. The molecule has 0 spiro atoms. The molecule has 0 fully saturated rings. The van der Waals surface area contributed by atoms with Crippen molar-refractivity contribution in [3.8, 4) is 0 Å². The fraction of sp³-hybridized carbons (Fsp3) is 0.500. The summed E-state index contributed by atoms with van der Waals surface area (Å²) in [7, 11) is 0.